The molecule has 0 saturated heterocycles. The lowest BCUT2D eigenvalue weighted by molar-refractivity contribution is -0.123. The Kier molecular flexibility index (Phi) is 8.00. The molecule has 0 aliphatic carbocycles. The van der Waals surface area contributed by atoms with Crippen LogP contribution in [0.15, 0.2) is 42.5 Å². The second kappa shape index (κ2) is 10.5. The largest absolute Gasteiger partial charge is 0.497 e. The van der Waals surface area contributed by atoms with Crippen LogP contribution in [0.4, 0.5) is 4.39 Å². The molecule has 7 heteroatoms. The predicted octanol–water partition coefficient (Wildman–Crippen LogP) is 2.96. The van der Waals surface area contributed by atoms with Crippen molar-refractivity contribution >= 4 is 11.8 Å². The average molecular weight is 402 g/mol. The molecular formula is C22H27FN2O4. The van der Waals surface area contributed by atoms with E-state index in [1.165, 1.54) is 26.4 Å². The second-order valence-electron chi connectivity index (χ2n) is 6.97. The normalized spacial score (nSPS) is 11.7. The highest BCUT2D eigenvalue weighted by Crippen LogP contribution is 2.22. The Morgan fingerprint density at radius 3 is 2.24 bits per heavy atom. The van der Waals surface area contributed by atoms with E-state index in [1.807, 2.05) is 13.8 Å². The standard InChI is InChI=1S/C22H27FN2O4/c1-14(2)20(22(27)24-9-8-15-6-5-7-17(23)10-15)25-21(26)16-11-18(28-3)13-19(12-16)29-4/h5-7,10-14,20H,8-9H2,1-4H3,(H,24,27)(H,25,26). The van der Waals surface area contributed by atoms with Crippen LogP contribution >= 0.6 is 0 Å². The molecule has 156 valence electrons. The van der Waals surface area contributed by atoms with E-state index in [-0.39, 0.29) is 17.6 Å². The van der Waals surface area contributed by atoms with Gasteiger partial charge in [-0.05, 0) is 42.2 Å². The molecule has 2 aromatic rings. The summed E-state index contributed by atoms with van der Waals surface area (Å²) in [6.07, 6.45) is 0.495. The van der Waals surface area contributed by atoms with E-state index in [4.69, 9.17) is 9.47 Å². The van der Waals surface area contributed by atoms with Crippen molar-refractivity contribution in [1.82, 2.24) is 10.6 Å². The summed E-state index contributed by atoms with van der Waals surface area (Å²) in [5.74, 6) is -0.165. The molecule has 0 heterocycles. The van der Waals surface area contributed by atoms with Crippen molar-refractivity contribution in [2.24, 2.45) is 5.92 Å². The number of ether oxygens (including phenoxy) is 2. The minimum Gasteiger partial charge on any atom is -0.497 e. The Hall–Kier alpha value is -3.09. The topological polar surface area (TPSA) is 76.7 Å². The molecule has 0 radical (unpaired) electrons. The molecule has 1 atom stereocenters. The van der Waals surface area contributed by atoms with Gasteiger partial charge in [-0.1, -0.05) is 26.0 Å². The van der Waals surface area contributed by atoms with E-state index in [9.17, 15) is 14.0 Å². The summed E-state index contributed by atoms with van der Waals surface area (Å²) in [6.45, 7) is 4.04. The molecule has 0 spiro atoms. The fourth-order valence-corrected chi connectivity index (χ4v) is 2.83. The van der Waals surface area contributed by atoms with Gasteiger partial charge < -0.3 is 20.1 Å². The number of hydrogen-bond acceptors (Lipinski definition) is 4. The number of benzene rings is 2. The van der Waals surface area contributed by atoms with Crippen LogP contribution in [-0.2, 0) is 11.2 Å². The van der Waals surface area contributed by atoms with Crippen molar-refractivity contribution in [3.63, 3.8) is 0 Å². The van der Waals surface area contributed by atoms with Crippen LogP contribution in [0.2, 0.25) is 0 Å². The van der Waals surface area contributed by atoms with Gasteiger partial charge in [0, 0.05) is 18.2 Å². The lowest BCUT2D eigenvalue weighted by Crippen LogP contribution is -2.50. The lowest BCUT2D eigenvalue weighted by atomic mass is 10.0. The van der Waals surface area contributed by atoms with Crippen LogP contribution in [0.25, 0.3) is 0 Å². The maximum Gasteiger partial charge on any atom is 0.252 e. The first-order chi connectivity index (χ1) is 13.8. The summed E-state index contributed by atoms with van der Waals surface area (Å²) in [4.78, 5) is 25.3. The zero-order valence-electron chi connectivity index (χ0n) is 17.1. The highest BCUT2D eigenvalue weighted by Gasteiger charge is 2.25. The van der Waals surface area contributed by atoms with Crippen molar-refractivity contribution in [3.05, 3.63) is 59.4 Å². The number of amides is 2. The molecule has 2 amide bonds. The van der Waals surface area contributed by atoms with E-state index >= 15 is 0 Å². The summed E-state index contributed by atoms with van der Waals surface area (Å²) in [6, 6.07) is 10.3. The smallest absolute Gasteiger partial charge is 0.252 e. The molecule has 0 aromatic heterocycles. The van der Waals surface area contributed by atoms with Crippen LogP contribution in [0.3, 0.4) is 0 Å². The van der Waals surface area contributed by atoms with Gasteiger partial charge in [0.15, 0.2) is 0 Å². The summed E-state index contributed by atoms with van der Waals surface area (Å²) < 4.78 is 23.6. The molecule has 0 aliphatic heterocycles. The number of hydrogen-bond donors (Lipinski definition) is 2. The van der Waals surface area contributed by atoms with E-state index in [0.29, 0.717) is 30.0 Å². The number of methoxy groups -OCH3 is 2. The molecule has 6 nitrogen and oxygen atoms in total. The molecule has 1 unspecified atom stereocenters. The van der Waals surface area contributed by atoms with E-state index < -0.39 is 11.9 Å². The monoisotopic (exact) mass is 402 g/mol. The Balaban J connectivity index is 2.01. The quantitative estimate of drug-likeness (QED) is 0.676. The van der Waals surface area contributed by atoms with E-state index in [0.717, 1.165) is 5.56 Å². The van der Waals surface area contributed by atoms with Gasteiger partial charge in [-0.15, -0.1) is 0 Å². The third-order valence-corrected chi connectivity index (χ3v) is 4.45. The van der Waals surface area contributed by atoms with Crippen LogP contribution in [-0.4, -0.2) is 38.6 Å². The molecule has 0 aliphatic rings. The van der Waals surface area contributed by atoms with Crippen LogP contribution in [0.5, 0.6) is 11.5 Å². The van der Waals surface area contributed by atoms with Crippen molar-refractivity contribution in [3.8, 4) is 11.5 Å². The van der Waals surface area contributed by atoms with Crippen molar-refractivity contribution in [2.75, 3.05) is 20.8 Å². The van der Waals surface area contributed by atoms with Crippen LogP contribution < -0.4 is 20.1 Å². The fourth-order valence-electron chi connectivity index (χ4n) is 2.83. The zero-order chi connectivity index (χ0) is 21.4. The molecule has 0 bridgehead atoms. The number of nitrogens with one attached hydrogen (secondary N) is 2. The predicted molar refractivity (Wildman–Crippen MR) is 109 cm³/mol. The third kappa shape index (κ3) is 6.48. The highest BCUT2D eigenvalue weighted by molar-refractivity contribution is 5.98. The molecular weight excluding hydrogens is 375 g/mol. The van der Waals surface area contributed by atoms with Crippen molar-refractivity contribution in [1.29, 1.82) is 0 Å². The molecule has 0 saturated carbocycles. The minimum absolute atomic E-state index is 0.124. The van der Waals surface area contributed by atoms with E-state index in [1.54, 1.807) is 30.3 Å². The first-order valence-electron chi connectivity index (χ1n) is 9.40. The van der Waals surface area contributed by atoms with E-state index in [2.05, 4.69) is 10.6 Å². The van der Waals surface area contributed by atoms with Crippen molar-refractivity contribution in [2.45, 2.75) is 26.3 Å². The summed E-state index contributed by atoms with van der Waals surface area (Å²) in [5.41, 5.74) is 1.12. The van der Waals surface area contributed by atoms with Crippen LogP contribution in [0, 0.1) is 11.7 Å². The summed E-state index contributed by atoms with van der Waals surface area (Å²) in [7, 11) is 3.00. The molecule has 2 rings (SSSR count). The van der Waals surface area contributed by atoms with Gasteiger partial charge in [0.1, 0.15) is 23.4 Å². The van der Waals surface area contributed by atoms with Gasteiger partial charge in [-0.3, -0.25) is 9.59 Å². The minimum atomic E-state index is -0.716. The Morgan fingerprint density at radius 1 is 1.03 bits per heavy atom. The van der Waals surface area contributed by atoms with Crippen molar-refractivity contribution < 1.29 is 23.5 Å². The average Bonchev–Trinajstić information content (AvgIpc) is 2.71. The van der Waals surface area contributed by atoms with Crippen LogP contribution in [0.1, 0.15) is 29.8 Å². The van der Waals surface area contributed by atoms with Gasteiger partial charge in [0.25, 0.3) is 5.91 Å². The number of carbonyl (C=O) groups is 2. The maximum absolute atomic E-state index is 13.2. The van der Waals surface area contributed by atoms with Gasteiger partial charge >= 0.3 is 0 Å². The van der Waals surface area contributed by atoms with Gasteiger partial charge in [-0.2, -0.15) is 0 Å². The third-order valence-electron chi connectivity index (χ3n) is 4.45. The summed E-state index contributed by atoms with van der Waals surface area (Å²) >= 11 is 0. The molecule has 0 fully saturated rings. The Morgan fingerprint density at radius 2 is 1.69 bits per heavy atom. The fraction of sp³-hybridized carbons (Fsp3) is 0.364. The zero-order valence-corrected chi connectivity index (χ0v) is 17.1. The molecule has 2 N–H and O–H groups in total. The number of rotatable bonds is 9. The Bertz CT molecular complexity index is 832. The van der Waals surface area contributed by atoms with Gasteiger partial charge in [0.05, 0.1) is 14.2 Å². The first-order valence-corrected chi connectivity index (χ1v) is 9.40. The number of carbonyl (C=O) groups excluding carboxylic acids is 2. The summed E-state index contributed by atoms with van der Waals surface area (Å²) in [5, 5.41) is 5.58. The highest BCUT2D eigenvalue weighted by atomic mass is 19.1. The maximum atomic E-state index is 13.2. The number of halogens is 1. The lowest BCUT2D eigenvalue weighted by Gasteiger charge is -2.22. The van der Waals surface area contributed by atoms with Gasteiger partial charge in [0.2, 0.25) is 5.91 Å². The first kappa shape index (κ1) is 22.2. The SMILES string of the molecule is COc1cc(OC)cc(C(=O)NC(C(=O)NCCc2cccc(F)c2)C(C)C)c1. The second-order valence-corrected chi connectivity index (χ2v) is 6.97. The van der Waals surface area contributed by atoms with Gasteiger partial charge in [-0.25, -0.2) is 4.39 Å². The Labute approximate surface area is 170 Å². The molecule has 29 heavy (non-hydrogen) atoms. The molecule has 2 aromatic carbocycles.